The third-order valence-corrected chi connectivity index (χ3v) is 8.96. The van der Waals surface area contributed by atoms with Crippen molar-refractivity contribution in [2.24, 2.45) is 34.5 Å². The van der Waals surface area contributed by atoms with Crippen LogP contribution in [0.1, 0.15) is 59.3 Å². The zero-order chi connectivity index (χ0) is 19.8. The molecule has 3 N–H and O–H groups in total. The maximum atomic E-state index is 12.4. The first-order valence-electron chi connectivity index (χ1n) is 10.4. The van der Waals surface area contributed by atoms with E-state index in [4.69, 9.17) is 0 Å². The summed E-state index contributed by atoms with van der Waals surface area (Å²) < 4.78 is 0. The molecule has 5 heteroatoms. The Morgan fingerprint density at radius 1 is 1.26 bits per heavy atom. The molecule has 8 atom stereocenters. The van der Waals surface area contributed by atoms with E-state index in [2.05, 4.69) is 6.92 Å². The summed E-state index contributed by atoms with van der Waals surface area (Å²) in [5.74, 6) is 0.0733. The highest BCUT2D eigenvalue weighted by molar-refractivity contribution is 5.93. The standard InChI is InChI=1S/C22H32O5/c1-12-9-20(2)13(8-16(12)24)4-5-14-15-6-7-22(27,18(26)11-23)21(15,3)10-17(25)19(14)20/h8,12,14-15,17,19,23,25,27H,4-7,9-11H2,1-3H3/t12-,14+,15+,17+,19-,20+,21+,22-/m1/s1. The number of aliphatic hydroxyl groups excluding tert-OH is 2. The summed E-state index contributed by atoms with van der Waals surface area (Å²) in [6, 6.07) is 0. The molecule has 4 rings (SSSR count). The van der Waals surface area contributed by atoms with Crippen LogP contribution in [-0.2, 0) is 9.59 Å². The number of ketones is 2. The fraction of sp³-hybridized carbons (Fsp3) is 0.818. The predicted molar refractivity (Wildman–Crippen MR) is 99.7 cm³/mol. The van der Waals surface area contributed by atoms with E-state index in [9.17, 15) is 24.9 Å². The minimum absolute atomic E-state index is 0.0329. The number of Topliss-reactive ketones (excluding diaryl/α,β-unsaturated/α-hetero) is 1. The molecule has 0 aromatic heterocycles. The van der Waals surface area contributed by atoms with Crippen LogP contribution in [0.15, 0.2) is 11.6 Å². The minimum atomic E-state index is -1.55. The summed E-state index contributed by atoms with van der Waals surface area (Å²) in [5, 5.41) is 31.9. The molecule has 0 aromatic carbocycles. The Labute approximate surface area is 160 Å². The molecule has 150 valence electrons. The summed E-state index contributed by atoms with van der Waals surface area (Å²) >= 11 is 0. The molecular weight excluding hydrogens is 344 g/mol. The average Bonchev–Trinajstić information content (AvgIpc) is 2.87. The van der Waals surface area contributed by atoms with Gasteiger partial charge >= 0.3 is 0 Å². The second-order valence-corrected chi connectivity index (χ2v) is 10.1. The van der Waals surface area contributed by atoms with Gasteiger partial charge in [0.15, 0.2) is 11.6 Å². The lowest BCUT2D eigenvalue weighted by atomic mass is 9.45. The molecule has 0 spiro atoms. The van der Waals surface area contributed by atoms with Crippen LogP contribution in [-0.4, -0.2) is 45.2 Å². The van der Waals surface area contributed by atoms with Crippen LogP contribution >= 0.6 is 0 Å². The van der Waals surface area contributed by atoms with E-state index in [1.54, 1.807) is 0 Å². The van der Waals surface area contributed by atoms with Crippen LogP contribution in [0.5, 0.6) is 0 Å². The molecule has 0 amide bonds. The number of rotatable bonds is 2. The zero-order valence-electron chi connectivity index (χ0n) is 16.6. The third-order valence-electron chi connectivity index (χ3n) is 8.96. The monoisotopic (exact) mass is 376 g/mol. The lowest BCUT2D eigenvalue weighted by Crippen LogP contribution is -2.62. The lowest BCUT2D eigenvalue weighted by molar-refractivity contribution is -0.183. The summed E-state index contributed by atoms with van der Waals surface area (Å²) in [6.45, 7) is 5.44. The van der Waals surface area contributed by atoms with Gasteiger partial charge in [-0.3, -0.25) is 9.59 Å². The number of allylic oxidation sites excluding steroid dienone is 1. The second kappa shape index (κ2) is 5.98. The van der Waals surface area contributed by atoms with Crippen molar-refractivity contribution >= 4 is 11.6 Å². The second-order valence-electron chi connectivity index (χ2n) is 10.1. The largest absolute Gasteiger partial charge is 0.393 e. The molecule has 0 aliphatic heterocycles. The van der Waals surface area contributed by atoms with Gasteiger partial charge in [-0.25, -0.2) is 0 Å². The SMILES string of the molecule is C[C@@H]1C[C@@]2(C)C(=CC1=O)CC[C@@H]1[C@@H]2[C@@H](O)C[C@@]2(C)[C@H]1CC[C@@]2(O)C(=O)CO. The molecular formula is C22H32O5. The number of hydrogen-bond donors (Lipinski definition) is 3. The van der Waals surface area contributed by atoms with E-state index in [-0.39, 0.29) is 34.9 Å². The van der Waals surface area contributed by atoms with Gasteiger partial charge in [0.2, 0.25) is 0 Å². The smallest absolute Gasteiger partial charge is 0.190 e. The van der Waals surface area contributed by atoms with Crippen LogP contribution in [0.25, 0.3) is 0 Å². The van der Waals surface area contributed by atoms with Crippen molar-refractivity contribution in [2.75, 3.05) is 6.61 Å². The summed E-state index contributed by atoms with van der Waals surface area (Å²) in [7, 11) is 0. The Kier molecular flexibility index (Phi) is 4.27. The predicted octanol–water partition coefficient (Wildman–Crippen LogP) is 2.03. The van der Waals surface area contributed by atoms with Gasteiger partial charge in [0, 0.05) is 11.3 Å². The molecule has 0 bridgehead atoms. The van der Waals surface area contributed by atoms with E-state index >= 15 is 0 Å². The Morgan fingerprint density at radius 3 is 2.63 bits per heavy atom. The van der Waals surface area contributed by atoms with Crippen molar-refractivity contribution in [3.63, 3.8) is 0 Å². The highest BCUT2D eigenvalue weighted by Gasteiger charge is 2.68. The number of aliphatic hydroxyl groups is 3. The first-order chi connectivity index (χ1) is 12.6. The Morgan fingerprint density at radius 2 is 1.96 bits per heavy atom. The van der Waals surface area contributed by atoms with Crippen LogP contribution in [0.3, 0.4) is 0 Å². The normalized spacial score (nSPS) is 51.9. The average molecular weight is 376 g/mol. The van der Waals surface area contributed by atoms with Crippen molar-refractivity contribution in [2.45, 2.75) is 71.0 Å². The van der Waals surface area contributed by atoms with Gasteiger partial charge < -0.3 is 15.3 Å². The molecule has 4 aliphatic rings. The van der Waals surface area contributed by atoms with E-state index < -0.39 is 29.5 Å². The number of hydrogen-bond acceptors (Lipinski definition) is 5. The van der Waals surface area contributed by atoms with Gasteiger partial charge in [-0.15, -0.1) is 0 Å². The number of carbonyl (C=O) groups excluding carboxylic acids is 2. The van der Waals surface area contributed by atoms with E-state index in [1.165, 1.54) is 5.57 Å². The van der Waals surface area contributed by atoms with Crippen molar-refractivity contribution in [3.05, 3.63) is 11.6 Å². The third kappa shape index (κ3) is 2.34. The Bertz CT molecular complexity index is 713. The fourth-order valence-corrected chi connectivity index (χ4v) is 7.62. The summed E-state index contributed by atoms with van der Waals surface area (Å²) in [4.78, 5) is 24.6. The molecule has 5 nitrogen and oxygen atoms in total. The van der Waals surface area contributed by atoms with Crippen LogP contribution < -0.4 is 0 Å². The zero-order valence-corrected chi connectivity index (χ0v) is 16.6. The molecule has 4 aliphatic carbocycles. The van der Waals surface area contributed by atoms with Crippen molar-refractivity contribution < 1.29 is 24.9 Å². The first kappa shape index (κ1) is 19.3. The topological polar surface area (TPSA) is 94.8 Å². The van der Waals surface area contributed by atoms with Crippen molar-refractivity contribution in [3.8, 4) is 0 Å². The molecule has 0 radical (unpaired) electrons. The van der Waals surface area contributed by atoms with Crippen LogP contribution in [0.2, 0.25) is 0 Å². The highest BCUT2D eigenvalue weighted by Crippen LogP contribution is 2.67. The minimum Gasteiger partial charge on any atom is -0.393 e. The van der Waals surface area contributed by atoms with Gasteiger partial charge in [0.1, 0.15) is 12.2 Å². The van der Waals surface area contributed by atoms with E-state index in [1.807, 2.05) is 19.9 Å². The molecule has 0 aromatic rings. The van der Waals surface area contributed by atoms with Crippen molar-refractivity contribution in [1.29, 1.82) is 0 Å². The lowest BCUT2D eigenvalue weighted by Gasteiger charge is -2.60. The maximum Gasteiger partial charge on any atom is 0.190 e. The van der Waals surface area contributed by atoms with Gasteiger partial charge in [-0.2, -0.15) is 0 Å². The molecule has 3 fully saturated rings. The summed E-state index contributed by atoms with van der Waals surface area (Å²) in [6.07, 6.45) is 5.17. The molecule has 0 heterocycles. The fourth-order valence-electron chi connectivity index (χ4n) is 7.62. The molecule has 3 saturated carbocycles. The van der Waals surface area contributed by atoms with Crippen LogP contribution in [0, 0.1) is 34.5 Å². The van der Waals surface area contributed by atoms with E-state index in [0.29, 0.717) is 12.8 Å². The quantitative estimate of drug-likeness (QED) is 0.685. The first-order valence-corrected chi connectivity index (χ1v) is 10.4. The van der Waals surface area contributed by atoms with E-state index in [0.717, 1.165) is 25.7 Å². The number of fused-ring (bicyclic) bond motifs is 5. The van der Waals surface area contributed by atoms with Crippen molar-refractivity contribution in [1.82, 2.24) is 0 Å². The Balaban J connectivity index is 1.74. The van der Waals surface area contributed by atoms with Gasteiger partial charge in [0.25, 0.3) is 0 Å². The maximum absolute atomic E-state index is 12.4. The van der Waals surface area contributed by atoms with Gasteiger partial charge in [-0.1, -0.05) is 26.3 Å². The van der Waals surface area contributed by atoms with Crippen LogP contribution in [0.4, 0.5) is 0 Å². The summed E-state index contributed by atoms with van der Waals surface area (Å²) in [5.41, 5.74) is -1.28. The van der Waals surface area contributed by atoms with Gasteiger partial charge in [0.05, 0.1) is 6.10 Å². The molecule has 0 unspecified atom stereocenters. The molecule has 0 saturated heterocycles. The highest BCUT2D eigenvalue weighted by atomic mass is 16.3. The Hall–Kier alpha value is -1.04. The van der Waals surface area contributed by atoms with Gasteiger partial charge in [-0.05, 0) is 67.8 Å². The molecule has 27 heavy (non-hydrogen) atoms. The number of carbonyl (C=O) groups is 2.